The molecule has 0 spiro atoms. The molecule has 3 aromatic rings. The van der Waals surface area contributed by atoms with Gasteiger partial charge in [-0.1, -0.05) is 54.1 Å². The smallest absolute Gasteiger partial charge is 0.368 e. The molecule has 3 aromatic carbocycles. The van der Waals surface area contributed by atoms with Crippen LogP contribution in [0.2, 0.25) is 0 Å². The summed E-state index contributed by atoms with van der Waals surface area (Å²) in [4.78, 5) is 17.2. The number of hydrogen-bond donors (Lipinski definition) is 1. The molecule has 6 nitrogen and oxygen atoms in total. The first-order valence-electron chi connectivity index (χ1n) is 12.7. The number of benzene rings is 3. The minimum atomic E-state index is -4.44. The highest BCUT2D eigenvalue weighted by atomic mass is 32.2. The van der Waals surface area contributed by atoms with Crippen LogP contribution in [0.25, 0.3) is 0 Å². The fourth-order valence-electron chi connectivity index (χ4n) is 5.15. The van der Waals surface area contributed by atoms with Crippen molar-refractivity contribution in [1.82, 2.24) is 9.62 Å². The number of nitrogens with zero attached hydrogens (tertiary/aromatic N) is 2. The van der Waals surface area contributed by atoms with Gasteiger partial charge in [0.2, 0.25) is 15.9 Å². The number of halogens is 3. The molecule has 0 bridgehead atoms. The summed E-state index contributed by atoms with van der Waals surface area (Å²) in [6.45, 7) is 6.52. The van der Waals surface area contributed by atoms with Crippen molar-refractivity contribution in [3.63, 3.8) is 0 Å². The Morgan fingerprint density at radius 2 is 1.51 bits per heavy atom. The molecule has 208 valence electrons. The Labute approximate surface area is 227 Å². The molecule has 4 rings (SSSR count). The first kappa shape index (κ1) is 28.6. The molecular formula is C29H32F3N3O3S. The second kappa shape index (κ2) is 11.4. The fourth-order valence-corrected chi connectivity index (χ4v) is 6.79. The second-order valence-corrected chi connectivity index (χ2v) is 11.6. The standard InChI is InChI=1S/C29H32F3N3O3S/c1-20-16-21(2)27(22(3)17-20)39(37,38)33-26(18-23-8-5-4-6-9-23)28(36)35-14-12-34(13-15-35)25-11-7-10-24(19-25)29(30,31)32/h4-11,16-17,19,26,33H,12-15,18H2,1-3H3/t26-/m1/s1. The molecule has 1 amide bonds. The number of nitrogens with one attached hydrogen (secondary N) is 1. The number of rotatable bonds is 7. The maximum Gasteiger partial charge on any atom is 0.416 e. The molecule has 0 radical (unpaired) electrons. The third-order valence-electron chi connectivity index (χ3n) is 6.88. The lowest BCUT2D eigenvalue weighted by Crippen LogP contribution is -2.55. The lowest BCUT2D eigenvalue weighted by molar-refractivity contribution is -0.137. The van der Waals surface area contributed by atoms with Gasteiger partial charge in [-0.3, -0.25) is 4.79 Å². The molecule has 1 aliphatic rings. The highest BCUT2D eigenvalue weighted by Gasteiger charge is 2.34. The van der Waals surface area contributed by atoms with Crippen LogP contribution < -0.4 is 9.62 Å². The summed E-state index contributed by atoms with van der Waals surface area (Å²) in [5.74, 6) is -0.367. The van der Waals surface area contributed by atoms with Crippen LogP contribution >= 0.6 is 0 Å². The molecule has 0 saturated carbocycles. The zero-order valence-corrected chi connectivity index (χ0v) is 22.9. The van der Waals surface area contributed by atoms with E-state index in [1.807, 2.05) is 37.3 Å². The summed E-state index contributed by atoms with van der Waals surface area (Å²) in [6.07, 6.45) is -4.28. The Balaban J connectivity index is 1.54. The van der Waals surface area contributed by atoms with Crippen molar-refractivity contribution in [3.05, 3.63) is 94.5 Å². The van der Waals surface area contributed by atoms with Crippen molar-refractivity contribution in [2.24, 2.45) is 0 Å². The van der Waals surface area contributed by atoms with Crippen molar-refractivity contribution in [2.75, 3.05) is 31.1 Å². The third-order valence-corrected chi connectivity index (χ3v) is 8.66. The number of hydrogen-bond acceptors (Lipinski definition) is 4. The normalized spacial score (nSPS) is 15.3. The predicted octanol–water partition coefficient (Wildman–Crippen LogP) is 4.87. The molecule has 1 heterocycles. The van der Waals surface area contributed by atoms with Crippen LogP contribution in [0.5, 0.6) is 0 Å². The van der Waals surface area contributed by atoms with Gasteiger partial charge in [-0.05, 0) is 62.1 Å². The number of carbonyl (C=O) groups is 1. The molecular weight excluding hydrogens is 527 g/mol. The van der Waals surface area contributed by atoms with Crippen LogP contribution in [0.3, 0.4) is 0 Å². The molecule has 0 aliphatic carbocycles. The Morgan fingerprint density at radius 1 is 0.897 bits per heavy atom. The van der Waals surface area contributed by atoms with E-state index in [2.05, 4.69) is 4.72 Å². The van der Waals surface area contributed by atoms with Crippen LogP contribution in [-0.2, 0) is 27.4 Å². The third kappa shape index (κ3) is 6.80. The van der Waals surface area contributed by atoms with E-state index in [4.69, 9.17) is 0 Å². The van der Waals surface area contributed by atoms with Crippen molar-refractivity contribution >= 4 is 21.6 Å². The second-order valence-electron chi connectivity index (χ2n) is 9.95. The van der Waals surface area contributed by atoms with Crippen molar-refractivity contribution < 1.29 is 26.4 Å². The van der Waals surface area contributed by atoms with Crippen molar-refractivity contribution in [2.45, 2.75) is 44.3 Å². The number of carbonyl (C=O) groups excluding carboxylic acids is 1. The lowest BCUT2D eigenvalue weighted by atomic mass is 10.1. The van der Waals surface area contributed by atoms with Gasteiger partial charge >= 0.3 is 6.18 Å². The van der Waals surface area contributed by atoms with E-state index in [9.17, 15) is 26.4 Å². The van der Waals surface area contributed by atoms with E-state index in [-0.39, 0.29) is 30.3 Å². The number of piperazine rings is 1. The van der Waals surface area contributed by atoms with Gasteiger partial charge in [-0.2, -0.15) is 17.9 Å². The predicted molar refractivity (Wildman–Crippen MR) is 145 cm³/mol. The summed E-state index contributed by atoms with van der Waals surface area (Å²) in [7, 11) is -4.03. The van der Waals surface area contributed by atoms with E-state index in [1.54, 1.807) is 41.8 Å². The first-order chi connectivity index (χ1) is 18.3. The van der Waals surface area contributed by atoms with E-state index in [1.165, 1.54) is 6.07 Å². The summed E-state index contributed by atoms with van der Waals surface area (Å²) in [5, 5.41) is 0. The van der Waals surface area contributed by atoms with E-state index in [0.29, 0.717) is 29.9 Å². The van der Waals surface area contributed by atoms with Gasteiger partial charge in [0.1, 0.15) is 6.04 Å². The van der Waals surface area contributed by atoms with E-state index < -0.39 is 27.8 Å². The highest BCUT2D eigenvalue weighted by Crippen LogP contribution is 2.32. The molecule has 0 unspecified atom stereocenters. The summed E-state index contributed by atoms with van der Waals surface area (Å²) in [5.41, 5.74) is 2.65. The Hall–Kier alpha value is -3.37. The maximum atomic E-state index is 13.7. The molecule has 0 aromatic heterocycles. The van der Waals surface area contributed by atoms with Gasteiger partial charge in [-0.15, -0.1) is 0 Å². The average Bonchev–Trinajstić information content (AvgIpc) is 2.87. The minimum Gasteiger partial charge on any atom is -0.368 e. The summed E-state index contributed by atoms with van der Waals surface area (Å²) >= 11 is 0. The lowest BCUT2D eigenvalue weighted by Gasteiger charge is -2.38. The number of aryl methyl sites for hydroxylation is 3. The van der Waals surface area contributed by atoms with Crippen LogP contribution in [0.15, 0.2) is 71.6 Å². The number of sulfonamides is 1. The topological polar surface area (TPSA) is 69.7 Å². The summed E-state index contributed by atoms with van der Waals surface area (Å²) < 4.78 is 69.3. The largest absolute Gasteiger partial charge is 0.416 e. The molecule has 1 saturated heterocycles. The Morgan fingerprint density at radius 3 is 2.10 bits per heavy atom. The van der Waals surface area contributed by atoms with Gasteiger partial charge in [-0.25, -0.2) is 8.42 Å². The number of alkyl halides is 3. The maximum absolute atomic E-state index is 13.7. The van der Waals surface area contributed by atoms with E-state index in [0.717, 1.165) is 23.3 Å². The molecule has 1 atom stereocenters. The molecule has 1 N–H and O–H groups in total. The highest BCUT2D eigenvalue weighted by molar-refractivity contribution is 7.89. The zero-order chi connectivity index (χ0) is 28.4. The van der Waals surface area contributed by atoms with Gasteiger partial charge in [0.05, 0.1) is 10.5 Å². The van der Waals surface area contributed by atoms with Crippen molar-refractivity contribution in [1.29, 1.82) is 0 Å². The molecule has 1 aliphatic heterocycles. The van der Waals surface area contributed by atoms with Crippen molar-refractivity contribution in [3.8, 4) is 0 Å². The first-order valence-corrected chi connectivity index (χ1v) is 14.2. The van der Waals surface area contributed by atoms with Crippen LogP contribution in [0.4, 0.5) is 18.9 Å². The monoisotopic (exact) mass is 559 g/mol. The quantitative estimate of drug-likeness (QED) is 0.449. The minimum absolute atomic E-state index is 0.160. The molecule has 1 fully saturated rings. The van der Waals surface area contributed by atoms with Crippen LogP contribution in [-0.4, -0.2) is 51.4 Å². The number of anilines is 1. The van der Waals surface area contributed by atoms with Gasteiger partial charge in [0.15, 0.2) is 0 Å². The number of amides is 1. The van der Waals surface area contributed by atoms with Crippen LogP contribution in [0, 0.1) is 20.8 Å². The van der Waals surface area contributed by atoms with Gasteiger partial charge in [0, 0.05) is 31.9 Å². The van der Waals surface area contributed by atoms with Gasteiger partial charge in [0.25, 0.3) is 0 Å². The average molecular weight is 560 g/mol. The SMILES string of the molecule is Cc1cc(C)c(S(=O)(=O)N[C@H](Cc2ccccc2)C(=O)N2CCN(c3cccc(C(F)(F)F)c3)CC2)c(C)c1. The molecule has 39 heavy (non-hydrogen) atoms. The Bertz CT molecular complexity index is 1410. The summed E-state index contributed by atoms with van der Waals surface area (Å²) in [6, 6.07) is 16.8. The van der Waals surface area contributed by atoms with Gasteiger partial charge < -0.3 is 9.80 Å². The zero-order valence-electron chi connectivity index (χ0n) is 22.1. The fraction of sp³-hybridized carbons (Fsp3) is 0.345. The van der Waals surface area contributed by atoms with E-state index >= 15 is 0 Å². The van der Waals surface area contributed by atoms with Crippen LogP contribution in [0.1, 0.15) is 27.8 Å². The Kier molecular flexibility index (Phi) is 8.37. The molecule has 10 heteroatoms.